The molecule has 1 aromatic heterocycles. The van der Waals surface area contributed by atoms with Gasteiger partial charge in [-0.25, -0.2) is 0 Å². The fraction of sp³-hybridized carbons (Fsp3) is 0.0169. The molecule has 60 heavy (non-hydrogen) atoms. The van der Waals surface area contributed by atoms with Gasteiger partial charge in [0, 0.05) is 20.2 Å². The third-order valence-electron chi connectivity index (χ3n) is 13.9. The van der Waals surface area contributed by atoms with E-state index in [2.05, 4.69) is 206 Å². The van der Waals surface area contributed by atoms with E-state index in [9.17, 15) is 0 Å². The van der Waals surface area contributed by atoms with Crippen LogP contribution >= 0.6 is 11.3 Å². The maximum atomic E-state index is 2.52. The average Bonchev–Trinajstić information content (AvgIpc) is 3.95. The molecule has 2 aliphatic rings. The summed E-state index contributed by atoms with van der Waals surface area (Å²) in [6.07, 6.45) is 0. The van der Waals surface area contributed by atoms with Gasteiger partial charge in [-0.15, -0.1) is 11.3 Å². The topological polar surface area (TPSA) is 0 Å². The average molecular weight is 775 g/mol. The summed E-state index contributed by atoms with van der Waals surface area (Å²) in [6.45, 7) is 0. The molecule has 1 spiro atoms. The van der Waals surface area contributed by atoms with E-state index in [-0.39, 0.29) is 5.41 Å². The fourth-order valence-electron chi connectivity index (χ4n) is 11.4. The first-order valence-electron chi connectivity index (χ1n) is 20.9. The SMILES string of the molecule is c1ccc2c(c1)-c1ccccc1C21c2ccccc2-c2ccc(-c3ccc4ccc5c(-c6ccc(-c7cccc8c7sc7ccccc78)cc6)ccc6ccc3c4c65)cc21. The van der Waals surface area contributed by atoms with Crippen LogP contribution < -0.4 is 0 Å². The Morgan fingerprint density at radius 2 is 0.733 bits per heavy atom. The summed E-state index contributed by atoms with van der Waals surface area (Å²) >= 11 is 1.89. The molecule has 0 nitrogen and oxygen atoms in total. The lowest BCUT2D eigenvalue weighted by Gasteiger charge is -2.30. The zero-order valence-corrected chi connectivity index (χ0v) is 33.4. The molecule has 2 aliphatic carbocycles. The molecule has 0 N–H and O–H groups in total. The van der Waals surface area contributed by atoms with Gasteiger partial charge in [-0.3, -0.25) is 0 Å². The highest BCUT2D eigenvalue weighted by molar-refractivity contribution is 7.26. The van der Waals surface area contributed by atoms with E-state index in [4.69, 9.17) is 0 Å². The van der Waals surface area contributed by atoms with Gasteiger partial charge >= 0.3 is 0 Å². The lowest BCUT2D eigenvalue weighted by molar-refractivity contribution is 0.794. The Labute approximate surface area is 351 Å². The molecule has 11 aromatic carbocycles. The molecular formula is C59H34S. The molecule has 0 aliphatic heterocycles. The van der Waals surface area contributed by atoms with Crippen molar-refractivity contribution in [3.05, 3.63) is 229 Å². The summed E-state index contributed by atoms with van der Waals surface area (Å²) in [5, 5.41) is 10.5. The summed E-state index contributed by atoms with van der Waals surface area (Å²) in [5.74, 6) is 0. The van der Waals surface area contributed by atoms with Crippen LogP contribution in [-0.4, -0.2) is 0 Å². The van der Waals surface area contributed by atoms with Gasteiger partial charge in [0.1, 0.15) is 0 Å². The number of rotatable bonds is 3. The van der Waals surface area contributed by atoms with E-state index in [1.807, 2.05) is 11.3 Å². The van der Waals surface area contributed by atoms with Crippen molar-refractivity contribution >= 4 is 63.8 Å². The first-order chi connectivity index (χ1) is 29.8. The molecule has 0 atom stereocenters. The van der Waals surface area contributed by atoms with Crippen LogP contribution in [0.5, 0.6) is 0 Å². The Hall–Kier alpha value is -7.32. The van der Waals surface area contributed by atoms with Gasteiger partial charge < -0.3 is 0 Å². The minimum Gasteiger partial charge on any atom is -0.135 e. The summed E-state index contributed by atoms with van der Waals surface area (Å²) < 4.78 is 2.69. The zero-order valence-electron chi connectivity index (χ0n) is 32.5. The van der Waals surface area contributed by atoms with E-state index in [1.165, 1.54) is 130 Å². The van der Waals surface area contributed by atoms with Crippen molar-refractivity contribution in [2.24, 2.45) is 0 Å². The van der Waals surface area contributed by atoms with Crippen molar-refractivity contribution in [2.45, 2.75) is 5.41 Å². The lowest BCUT2D eigenvalue weighted by Crippen LogP contribution is -2.25. The first-order valence-corrected chi connectivity index (χ1v) is 21.7. The molecule has 1 heterocycles. The summed E-state index contributed by atoms with van der Waals surface area (Å²) in [4.78, 5) is 0. The van der Waals surface area contributed by atoms with Crippen LogP contribution in [0.15, 0.2) is 206 Å². The molecular weight excluding hydrogens is 741 g/mol. The molecule has 0 saturated carbocycles. The van der Waals surface area contributed by atoms with Crippen molar-refractivity contribution in [3.8, 4) is 55.6 Å². The lowest BCUT2D eigenvalue weighted by atomic mass is 9.70. The summed E-state index contributed by atoms with van der Waals surface area (Å²) in [5.41, 5.74) is 18.1. The predicted molar refractivity (Wildman–Crippen MR) is 256 cm³/mol. The van der Waals surface area contributed by atoms with Gasteiger partial charge in [-0.1, -0.05) is 194 Å². The molecule has 0 fully saturated rings. The van der Waals surface area contributed by atoms with Crippen LogP contribution in [0.2, 0.25) is 0 Å². The molecule has 0 bridgehead atoms. The number of hydrogen-bond acceptors (Lipinski definition) is 1. The molecule has 0 amide bonds. The highest BCUT2D eigenvalue weighted by Gasteiger charge is 2.51. The molecule has 0 radical (unpaired) electrons. The number of thiophene rings is 1. The zero-order chi connectivity index (χ0) is 39.1. The Morgan fingerprint density at radius 1 is 0.283 bits per heavy atom. The second-order valence-electron chi connectivity index (χ2n) is 16.7. The predicted octanol–water partition coefficient (Wildman–Crippen LogP) is 16.3. The third kappa shape index (κ3) is 4.15. The Bertz CT molecular complexity index is 3700. The van der Waals surface area contributed by atoms with Gasteiger partial charge in [0.2, 0.25) is 0 Å². The minimum absolute atomic E-state index is 0.367. The van der Waals surface area contributed by atoms with Crippen LogP contribution in [0.4, 0.5) is 0 Å². The Kier molecular flexibility index (Phi) is 6.46. The second-order valence-corrected chi connectivity index (χ2v) is 17.7. The molecule has 1 heteroatoms. The monoisotopic (exact) mass is 774 g/mol. The molecule has 0 saturated heterocycles. The van der Waals surface area contributed by atoms with Gasteiger partial charge in [0.15, 0.2) is 0 Å². The van der Waals surface area contributed by atoms with E-state index in [0.717, 1.165) is 0 Å². The van der Waals surface area contributed by atoms with E-state index in [1.54, 1.807) is 0 Å². The second kappa shape index (κ2) is 11.9. The smallest absolute Gasteiger partial charge is 0.0725 e. The van der Waals surface area contributed by atoms with E-state index in [0.29, 0.717) is 0 Å². The highest BCUT2D eigenvalue weighted by atomic mass is 32.1. The Morgan fingerprint density at radius 3 is 1.37 bits per heavy atom. The largest absolute Gasteiger partial charge is 0.135 e. The summed E-state index contributed by atoms with van der Waals surface area (Å²) in [6, 6.07) is 77.9. The number of benzene rings is 11. The summed E-state index contributed by atoms with van der Waals surface area (Å²) in [7, 11) is 0. The van der Waals surface area contributed by atoms with Crippen LogP contribution in [0, 0.1) is 0 Å². The van der Waals surface area contributed by atoms with Crippen molar-refractivity contribution in [1.29, 1.82) is 0 Å². The van der Waals surface area contributed by atoms with E-state index < -0.39 is 0 Å². The van der Waals surface area contributed by atoms with Crippen molar-refractivity contribution in [2.75, 3.05) is 0 Å². The van der Waals surface area contributed by atoms with Crippen molar-refractivity contribution in [1.82, 2.24) is 0 Å². The van der Waals surface area contributed by atoms with Crippen molar-refractivity contribution < 1.29 is 0 Å². The Balaban J connectivity index is 0.933. The quantitative estimate of drug-likeness (QED) is 0.157. The molecule has 14 rings (SSSR count). The number of fused-ring (bicyclic) bond motifs is 13. The fourth-order valence-corrected chi connectivity index (χ4v) is 12.6. The maximum absolute atomic E-state index is 2.52. The first kappa shape index (κ1) is 32.6. The maximum Gasteiger partial charge on any atom is 0.0725 e. The van der Waals surface area contributed by atoms with Crippen molar-refractivity contribution in [3.63, 3.8) is 0 Å². The molecule has 0 unspecified atom stereocenters. The van der Waals surface area contributed by atoms with E-state index >= 15 is 0 Å². The van der Waals surface area contributed by atoms with Gasteiger partial charge in [-0.05, 0) is 122 Å². The van der Waals surface area contributed by atoms with Crippen LogP contribution in [0.3, 0.4) is 0 Å². The van der Waals surface area contributed by atoms with Crippen LogP contribution in [-0.2, 0) is 5.41 Å². The van der Waals surface area contributed by atoms with Crippen LogP contribution in [0.25, 0.3) is 108 Å². The van der Waals surface area contributed by atoms with Gasteiger partial charge in [-0.2, -0.15) is 0 Å². The third-order valence-corrected chi connectivity index (χ3v) is 15.1. The molecule has 276 valence electrons. The van der Waals surface area contributed by atoms with Crippen LogP contribution in [0.1, 0.15) is 22.3 Å². The number of hydrogen-bond donors (Lipinski definition) is 0. The standard InChI is InChI=1S/C59H34S/c1-5-16-51-43(10-1)44-11-2-6-17-52(44)59(51)53-18-7-3-12-45(53)46-31-28-39(34-54(46)59)41-30-25-38-26-32-48-40(29-24-37-27-33-49(41)57(38)56(37)48)35-20-22-36(23-21-35)42-14-9-15-50-47-13-4-8-19-55(47)60-58(42)50/h1-34H. The normalized spacial score (nSPS) is 13.5. The highest BCUT2D eigenvalue weighted by Crippen LogP contribution is 2.63. The molecule has 12 aromatic rings. The minimum atomic E-state index is -0.367. The van der Waals surface area contributed by atoms with Gasteiger partial charge in [0.25, 0.3) is 0 Å². The van der Waals surface area contributed by atoms with Gasteiger partial charge in [0.05, 0.1) is 5.41 Å².